The van der Waals surface area contributed by atoms with Crippen LogP contribution in [0.4, 0.5) is 13.2 Å². The number of carbonyl (C=O) groups excluding carboxylic acids is 1. The van der Waals surface area contributed by atoms with Crippen LogP contribution in [0.25, 0.3) is 10.6 Å². The molecule has 0 saturated heterocycles. The predicted molar refractivity (Wildman–Crippen MR) is 95.3 cm³/mol. The van der Waals surface area contributed by atoms with Crippen molar-refractivity contribution in [3.8, 4) is 16.3 Å². The summed E-state index contributed by atoms with van der Waals surface area (Å²) >= 11 is 1.34. The third-order valence-corrected chi connectivity index (χ3v) is 4.31. The van der Waals surface area contributed by atoms with Crippen molar-refractivity contribution in [2.45, 2.75) is 19.5 Å². The maximum atomic E-state index is 12.6. The van der Waals surface area contributed by atoms with E-state index < -0.39 is 18.6 Å². The number of carbonyl (C=O) groups is 1. The molecule has 2 rings (SSSR count). The Balaban J connectivity index is 2.06. The second-order valence-corrected chi connectivity index (χ2v) is 6.31. The van der Waals surface area contributed by atoms with Crippen LogP contribution in [0, 0.1) is 0 Å². The fourth-order valence-corrected chi connectivity index (χ4v) is 3.10. The van der Waals surface area contributed by atoms with Crippen LogP contribution in [0.15, 0.2) is 42.3 Å². The van der Waals surface area contributed by atoms with Crippen molar-refractivity contribution in [3.05, 3.63) is 48.0 Å². The lowest BCUT2D eigenvalue weighted by molar-refractivity contribution is -0.159. The Kier molecular flexibility index (Phi) is 6.79. The highest BCUT2D eigenvalue weighted by Crippen LogP contribution is 2.26. The molecule has 1 aromatic heterocycles. The fraction of sp³-hybridized carbons (Fsp3) is 0.333. The van der Waals surface area contributed by atoms with Crippen LogP contribution in [-0.4, -0.2) is 41.7 Å². The number of nitrogens with zero attached hydrogens (tertiary/aromatic N) is 2. The minimum absolute atomic E-state index is 0.159. The number of halogens is 3. The summed E-state index contributed by atoms with van der Waals surface area (Å²) in [4.78, 5) is 17.3. The van der Waals surface area contributed by atoms with Gasteiger partial charge in [0.1, 0.15) is 17.3 Å². The van der Waals surface area contributed by atoms with Gasteiger partial charge < -0.3 is 9.64 Å². The number of ether oxygens (including phenoxy) is 1. The van der Waals surface area contributed by atoms with Crippen LogP contribution in [0.1, 0.15) is 12.6 Å². The molecule has 2 aromatic rings. The Labute approximate surface area is 153 Å². The topological polar surface area (TPSA) is 42.4 Å². The van der Waals surface area contributed by atoms with E-state index in [1.165, 1.54) is 17.4 Å². The van der Waals surface area contributed by atoms with Gasteiger partial charge in [0.15, 0.2) is 0 Å². The summed E-state index contributed by atoms with van der Waals surface area (Å²) in [5.74, 6) is 0.112. The number of thiazole rings is 1. The first-order chi connectivity index (χ1) is 12.3. The van der Waals surface area contributed by atoms with Gasteiger partial charge in [-0.1, -0.05) is 6.08 Å². The molecule has 0 radical (unpaired) electrons. The summed E-state index contributed by atoms with van der Waals surface area (Å²) in [6.45, 7) is 4.41. The Hall–Kier alpha value is -2.35. The maximum absolute atomic E-state index is 12.6. The standard InChI is InChI=1S/C18H19F3N2O2S/c1-3-9-23(12-18(19,20)21)16(24)10-14-11-26-17(22-14)13-5-7-15(8-6-13)25-4-2/h3,5-8,11H,1,4,9-10,12H2,2H3. The molecule has 140 valence electrons. The molecular formula is C18H19F3N2O2S. The molecule has 0 fully saturated rings. The molecule has 1 amide bonds. The summed E-state index contributed by atoms with van der Waals surface area (Å²) in [7, 11) is 0. The highest BCUT2D eigenvalue weighted by atomic mass is 32.1. The first kappa shape index (κ1) is 20.0. The van der Waals surface area contributed by atoms with Crippen molar-refractivity contribution in [1.29, 1.82) is 0 Å². The van der Waals surface area contributed by atoms with Crippen LogP contribution in [0.5, 0.6) is 5.75 Å². The number of benzene rings is 1. The van der Waals surface area contributed by atoms with Crippen LogP contribution in [-0.2, 0) is 11.2 Å². The fourth-order valence-electron chi connectivity index (χ4n) is 2.27. The van der Waals surface area contributed by atoms with Crippen molar-refractivity contribution in [1.82, 2.24) is 9.88 Å². The van der Waals surface area contributed by atoms with Gasteiger partial charge >= 0.3 is 6.18 Å². The number of alkyl halides is 3. The van der Waals surface area contributed by atoms with E-state index in [9.17, 15) is 18.0 Å². The number of aromatic nitrogens is 1. The van der Waals surface area contributed by atoms with E-state index in [4.69, 9.17) is 4.74 Å². The van der Waals surface area contributed by atoms with Gasteiger partial charge in [0, 0.05) is 17.5 Å². The lowest BCUT2D eigenvalue weighted by Gasteiger charge is -2.22. The van der Waals surface area contributed by atoms with E-state index in [1.807, 2.05) is 31.2 Å². The molecule has 0 aliphatic carbocycles. The molecule has 0 bridgehead atoms. The van der Waals surface area contributed by atoms with Gasteiger partial charge in [0.2, 0.25) is 5.91 Å². The minimum atomic E-state index is -4.45. The molecule has 26 heavy (non-hydrogen) atoms. The number of hydrogen-bond acceptors (Lipinski definition) is 4. The van der Waals surface area contributed by atoms with Gasteiger partial charge in [-0.2, -0.15) is 13.2 Å². The first-order valence-electron chi connectivity index (χ1n) is 7.95. The lowest BCUT2D eigenvalue weighted by atomic mass is 10.2. The van der Waals surface area contributed by atoms with Crippen molar-refractivity contribution < 1.29 is 22.7 Å². The predicted octanol–water partition coefficient (Wildman–Crippen LogP) is 4.33. The molecular weight excluding hydrogens is 365 g/mol. The van der Waals surface area contributed by atoms with Crippen molar-refractivity contribution in [2.75, 3.05) is 19.7 Å². The Bertz CT molecular complexity index is 742. The van der Waals surface area contributed by atoms with Gasteiger partial charge in [-0.15, -0.1) is 17.9 Å². The highest BCUT2D eigenvalue weighted by Gasteiger charge is 2.32. The van der Waals surface area contributed by atoms with E-state index in [0.717, 1.165) is 16.2 Å². The van der Waals surface area contributed by atoms with Gasteiger partial charge in [-0.05, 0) is 31.2 Å². The molecule has 4 nitrogen and oxygen atoms in total. The van der Waals surface area contributed by atoms with Gasteiger partial charge in [-0.25, -0.2) is 4.98 Å². The van der Waals surface area contributed by atoms with Crippen LogP contribution in [0.3, 0.4) is 0 Å². The number of amides is 1. The minimum Gasteiger partial charge on any atom is -0.494 e. The highest BCUT2D eigenvalue weighted by molar-refractivity contribution is 7.13. The average Bonchev–Trinajstić information content (AvgIpc) is 3.03. The smallest absolute Gasteiger partial charge is 0.406 e. The molecule has 0 N–H and O–H groups in total. The van der Waals surface area contributed by atoms with Gasteiger partial charge in [-0.3, -0.25) is 4.79 Å². The van der Waals surface area contributed by atoms with Crippen LogP contribution < -0.4 is 4.74 Å². The summed E-state index contributed by atoms with van der Waals surface area (Å²) in [5, 5.41) is 2.38. The molecule has 0 aliphatic rings. The molecule has 0 atom stereocenters. The summed E-state index contributed by atoms with van der Waals surface area (Å²) in [6.07, 6.45) is -3.36. The van der Waals surface area contributed by atoms with E-state index in [-0.39, 0.29) is 13.0 Å². The first-order valence-corrected chi connectivity index (χ1v) is 8.83. The van der Waals surface area contributed by atoms with E-state index in [1.54, 1.807) is 5.38 Å². The lowest BCUT2D eigenvalue weighted by Crippen LogP contribution is -2.39. The zero-order valence-electron chi connectivity index (χ0n) is 14.3. The Morgan fingerprint density at radius 3 is 2.62 bits per heavy atom. The zero-order chi connectivity index (χ0) is 19.2. The maximum Gasteiger partial charge on any atom is 0.406 e. The van der Waals surface area contributed by atoms with Gasteiger partial charge in [0.05, 0.1) is 18.7 Å². The largest absolute Gasteiger partial charge is 0.494 e. The van der Waals surface area contributed by atoms with E-state index >= 15 is 0 Å². The monoisotopic (exact) mass is 384 g/mol. The third-order valence-electron chi connectivity index (χ3n) is 3.37. The quantitative estimate of drug-likeness (QED) is 0.637. The Morgan fingerprint density at radius 2 is 2.04 bits per heavy atom. The van der Waals surface area contributed by atoms with E-state index in [2.05, 4.69) is 11.6 Å². The molecule has 1 heterocycles. The van der Waals surface area contributed by atoms with E-state index in [0.29, 0.717) is 17.3 Å². The second-order valence-electron chi connectivity index (χ2n) is 5.46. The molecule has 1 aromatic carbocycles. The molecule has 0 saturated carbocycles. The Morgan fingerprint density at radius 1 is 1.35 bits per heavy atom. The normalized spacial score (nSPS) is 11.2. The number of hydrogen-bond donors (Lipinski definition) is 0. The van der Waals surface area contributed by atoms with Crippen LogP contribution >= 0.6 is 11.3 Å². The SMILES string of the molecule is C=CCN(CC(F)(F)F)C(=O)Cc1csc(-c2ccc(OCC)cc2)n1. The van der Waals surface area contributed by atoms with Crippen molar-refractivity contribution in [3.63, 3.8) is 0 Å². The molecule has 0 aliphatic heterocycles. The summed E-state index contributed by atoms with van der Waals surface area (Å²) in [5.41, 5.74) is 1.30. The third kappa shape index (κ3) is 5.87. The van der Waals surface area contributed by atoms with Crippen molar-refractivity contribution >= 4 is 17.2 Å². The van der Waals surface area contributed by atoms with Crippen LogP contribution in [0.2, 0.25) is 0 Å². The average molecular weight is 384 g/mol. The molecule has 0 unspecified atom stereocenters. The van der Waals surface area contributed by atoms with Gasteiger partial charge in [0.25, 0.3) is 0 Å². The molecule has 0 spiro atoms. The number of rotatable bonds is 8. The van der Waals surface area contributed by atoms with Crippen molar-refractivity contribution in [2.24, 2.45) is 0 Å². The second kappa shape index (κ2) is 8.84. The summed E-state index contributed by atoms with van der Waals surface area (Å²) in [6, 6.07) is 7.34. The summed E-state index contributed by atoms with van der Waals surface area (Å²) < 4.78 is 43.1. The molecule has 8 heteroatoms. The zero-order valence-corrected chi connectivity index (χ0v) is 15.1.